The van der Waals surface area contributed by atoms with Crippen LogP contribution in [0.15, 0.2) is 36.7 Å². The molecule has 0 unspecified atom stereocenters. The molecule has 1 aromatic heterocycles. The summed E-state index contributed by atoms with van der Waals surface area (Å²) >= 11 is 0. The maximum atomic E-state index is 13.0. The van der Waals surface area contributed by atoms with Crippen LogP contribution in [0.25, 0.3) is 0 Å². The monoisotopic (exact) mass is 341 g/mol. The minimum Gasteiger partial charge on any atom is -0.493 e. The van der Waals surface area contributed by atoms with Crippen molar-refractivity contribution in [1.29, 1.82) is 0 Å². The third kappa shape index (κ3) is 3.69. The van der Waals surface area contributed by atoms with Gasteiger partial charge in [-0.15, -0.1) is 0 Å². The molecular formula is C19H23N3O3. The third-order valence-corrected chi connectivity index (χ3v) is 4.74. The van der Waals surface area contributed by atoms with Crippen molar-refractivity contribution in [3.63, 3.8) is 0 Å². The Balaban J connectivity index is 1.48. The Bertz CT molecular complexity index is 730. The van der Waals surface area contributed by atoms with Gasteiger partial charge in [-0.25, -0.2) is 0 Å². The zero-order valence-corrected chi connectivity index (χ0v) is 14.3. The first-order valence-electron chi connectivity index (χ1n) is 8.93. The molecule has 2 aliphatic heterocycles. The van der Waals surface area contributed by atoms with Crippen LogP contribution in [0.5, 0.6) is 5.75 Å². The first kappa shape index (κ1) is 16.1. The summed E-state index contributed by atoms with van der Waals surface area (Å²) in [4.78, 5) is 14.9. The van der Waals surface area contributed by atoms with Gasteiger partial charge in [-0.3, -0.25) is 9.48 Å². The summed E-state index contributed by atoms with van der Waals surface area (Å²) in [7, 11) is 0. The summed E-state index contributed by atoms with van der Waals surface area (Å²) in [6.45, 7) is 3.41. The van der Waals surface area contributed by atoms with Gasteiger partial charge in [0.1, 0.15) is 5.75 Å². The van der Waals surface area contributed by atoms with Crippen molar-refractivity contribution in [3.8, 4) is 5.75 Å². The fraction of sp³-hybridized carbons (Fsp3) is 0.474. The first-order valence-corrected chi connectivity index (χ1v) is 8.93. The van der Waals surface area contributed by atoms with Gasteiger partial charge in [0.05, 0.1) is 19.3 Å². The molecular weight excluding hydrogens is 318 g/mol. The molecule has 0 aliphatic carbocycles. The number of carbonyl (C=O) groups excluding carboxylic acids is 1. The number of aryl methyl sites for hydroxylation is 1. The maximum Gasteiger partial charge on any atom is 0.253 e. The summed E-state index contributed by atoms with van der Waals surface area (Å²) in [5.74, 6) is 0.989. The molecule has 25 heavy (non-hydrogen) atoms. The predicted octanol–water partition coefficient (Wildman–Crippen LogP) is 2.14. The Labute approximate surface area is 147 Å². The van der Waals surface area contributed by atoms with Crippen molar-refractivity contribution >= 4 is 5.91 Å². The second kappa shape index (κ2) is 7.27. The molecule has 6 nitrogen and oxygen atoms in total. The molecule has 1 amide bonds. The minimum atomic E-state index is -0.0349. The van der Waals surface area contributed by atoms with E-state index in [1.54, 1.807) is 6.20 Å². The van der Waals surface area contributed by atoms with Gasteiger partial charge < -0.3 is 14.4 Å². The molecule has 1 aromatic carbocycles. The lowest BCUT2D eigenvalue weighted by molar-refractivity contribution is 0.0367. The van der Waals surface area contributed by atoms with E-state index in [4.69, 9.17) is 9.47 Å². The normalized spacial score (nSPS) is 20.5. The third-order valence-electron chi connectivity index (χ3n) is 4.74. The molecule has 6 heteroatoms. The molecule has 0 N–H and O–H groups in total. The Morgan fingerprint density at radius 3 is 3.12 bits per heavy atom. The smallest absolute Gasteiger partial charge is 0.253 e. The lowest BCUT2D eigenvalue weighted by Gasteiger charge is -2.25. The lowest BCUT2D eigenvalue weighted by atomic mass is 10.0. The van der Waals surface area contributed by atoms with Crippen molar-refractivity contribution in [2.24, 2.45) is 0 Å². The van der Waals surface area contributed by atoms with Crippen LogP contribution >= 0.6 is 0 Å². The average molecular weight is 341 g/mol. The number of carbonyl (C=O) groups is 1. The van der Waals surface area contributed by atoms with Crippen molar-refractivity contribution < 1.29 is 14.3 Å². The van der Waals surface area contributed by atoms with Crippen LogP contribution in [0.1, 0.15) is 28.8 Å². The van der Waals surface area contributed by atoms with Crippen LogP contribution < -0.4 is 4.74 Å². The number of aromatic nitrogens is 2. The summed E-state index contributed by atoms with van der Waals surface area (Å²) in [6, 6.07) is 7.69. The van der Waals surface area contributed by atoms with Crippen molar-refractivity contribution in [2.75, 3.05) is 26.3 Å². The van der Waals surface area contributed by atoms with Gasteiger partial charge >= 0.3 is 0 Å². The number of fused-ring (bicyclic) bond motifs is 1. The fourth-order valence-corrected chi connectivity index (χ4v) is 3.48. The second-order valence-electron chi connectivity index (χ2n) is 6.60. The number of hydrogen-bond acceptors (Lipinski definition) is 4. The number of nitrogens with zero attached hydrogens (tertiary/aromatic N) is 3. The van der Waals surface area contributed by atoms with E-state index in [2.05, 4.69) is 5.10 Å². The van der Waals surface area contributed by atoms with Gasteiger partial charge in [0.2, 0.25) is 0 Å². The van der Waals surface area contributed by atoms with Crippen molar-refractivity contribution in [2.45, 2.75) is 31.9 Å². The Morgan fingerprint density at radius 1 is 1.28 bits per heavy atom. The topological polar surface area (TPSA) is 56.6 Å². The van der Waals surface area contributed by atoms with Crippen LogP contribution in [0.2, 0.25) is 0 Å². The summed E-state index contributed by atoms with van der Waals surface area (Å²) < 4.78 is 13.4. The van der Waals surface area contributed by atoms with E-state index < -0.39 is 0 Å². The Hall–Kier alpha value is -2.34. The second-order valence-corrected chi connectivity index (χ2v) is 6.60. The minimum absolute atomic E-state index is 0.0349. The molecule has 3 heterocycles. The molecule has 1 atom stereocenters. The van der Waals surface area contributed by atoms with Gasteiger partial charge in [0, 0.05) is 37.7 Å². The lowest BCUT2D eigenvalue weighted by Crippen LogP contribution is -2.38. The van der Waals surface area contributed by atoms with Gasteiger partial charge in [-0.05, 0) is 49.1 Å². The molecule has 2 aliphatic rings. The predicted molar refractivity (Wildman–Crippen MR) is 92.7 cm³/mol. The Morgan fingerprint density at radius 2 is 2.24 bits per heavy atom. The highest BCUT2D eigenvalue weighted by Crippen LogP contribution is 2.26. The molecule has 132 valence electrons. The van der Waals surface area contributed by atoms with Crippen molar-refractivity contribution in [1.82, 2.24) is 14.7 Å². The SMILES string of the molecule is O=C(c1ccc2c(c1)CCCO2)N1CCCO[C@H](Cn2cccn2)C1. The van der Waals surface area contributed by atoms with E-state index in [0.717, 1.165) is 49.3 Å². The number of benzene rings is 1. The zero-order valence-electron chi connectivity index (χ0n) is 14.3. The van der Waals surface area contributed by atoms with Gasteiger partial charge in [-0.1, -0.05) is 0 Å². The van der Waals surface area contributed by atoms with E-state index in [0.29, 0.717) is 19.7 Å². The fourth-order valence-electron chi connectivity index (χ4n) is 3.48. The molecule has 4 rings (SSSR count). The molecule has 1 fully saturated rings. The quantitative estimate of drug-likeness (QED) is 0.858. The standard InChI is InChI=1S/C19H23N3O3/c23-19(16-5-6-18-15(12-16)4-1-10-25-18)21-8-3-11-24-17(13-21)14-22-9-2-7-20-22/h2,5-7,9,12,17H,1,3-4,8,10-11,13-14H2/t17-/m0/s1. The summed E-state index contributed by atoms with van der Waals surface area (Å²) in [6.07, 6.45) is 6.48. The maximum absolute atomic E-state index is 13.0. The number of hydrogen-bond donors (Lipinski definition) is 0. The van der Waals surface area contributed by atoms with Gasteiger partial charge in [-0.2, -0.15) is 5.10 Å². The molecule has 2 aromatic rings. The first-order chi connectivity index (χ1) is 12.3. The number of amides is 1. The molecule has 0 saturated carbocycles. The molecule has 0 spiro atoms. The molecule has 1 saturated heterocycles. The average Bonchev–Trinajstić information content (AvgIpc) is 3.05. The highest BCUT2D eigenvalue weighted by Gasteiger charge is 2.25. The largest absolute Gasteiger partial charge is 0.493 e. The Kier molecular flexibility index (Phi) is 4.70. The van der Waals surface area contributed by atoms with E-state index in [-0.39, 0.29) is 12.0 Å². The summed E-state index contributed by atoms with van der Waals surface area (Å²) in [5, 5.41) is 4.24. The highest BCUT2D eigenvalue weighted by molar-refractivity contribution is 5.94. The molecule has 0 radical (unpaired) electrons. The van der Waals surface area contributed by atoms with E-state index in [1.165, 1.54) is 0 Å². The van der Waals surface area contributed by atoms with E-state index in [9.17, 15) is 4.79 Å². The van der Waals surface area contributed by atoms with Crippen LogP contribution in [-0.4, -0.2) is 53.0 Å². The van der Waals surface area contributed by atoms with Crippen LogP contribution in [-0.2, 0) is 17.7 Å². The highest BCUT2D eigenvalue weighted by atomic mass is 16.5. The number of ether oxygens (including phenoxy) is 2. The van der Waals surface area contributed by atoms with Crippen molar-refractivity contribution in [3.05, 3.63) is 47.8 Å². The van der Waals surface area contributed by atoms with E-state index >= 15 is 0 Å². The van der Waals surface area contributed by atoms with E-state index in [1.807, 2.05) is 40.0 Å². The molecule has 0 bridgehead atoms. The van der Waals surface area contributed by atoms with Gasteiger partial charge in [0.25, 0.3) is 5.91 Å². The van der Waals surface area contributed by atoms with Crippen LogP contribution in [0.4, 0.5) is 0 Å². The van der Waals surface area contributed by atoms with Crippen LogP contribution in [0.3, 0.4) is 0 Å². The summed E-state index contributed by atoms with van der Waals surface area (Å²) in [5.41, 5.74) is 1.88. The number of rotatable bonds is 3. The van der Waals surface area contributed by atoms with Gasteiger partial charge in [0.15, 0.2) is 0 Å². The zero-order chi connectivity index (χ0) is 17.1. The van der Waals surface area contributed by atoms with Crippen LogP contribution in [0, 0.1) is 0 Å².